The average Bonchev–Trinajstić information content (AvgIpc) is 2.46. The Labute approximate surface area is 120 Å². The van der Waals surface area contributed by atoms with Crippen molar-refractivity contribution in [1.29, 1.82) is 0 Å². The Hall–Kier alpha value is -1.63. The number of ether oxygens (including phenoxy) is 1. The largest absolute Gasteiger partial charge is 0.377 e. The van der Waals surface area contributed by atoms with Crippen molar-refractivity contribution < 1.29 is 14.6 Å². The highest BCUT2D eigenvalue weighted by molar-refractivity contribution is 5.77. The smallest absolute Gasteiger partial charge is 0.151 e. The summed E-state index contributed by atoms with van der Waals surface area (Å²) in [6.45, 7) is 1.88. The van der Waals surface area contributed by atoms with Gasteiger partial charge < -0.3 is 9.84 Å². The lowest BCUT2D eigenvalue weighted by atomic mass is 9.82. The molecule has 20 heavy (non-hydrogen) atoms. The van der Waals surface area contributed by atoms with Gasteiger partial charge in [0.1, 0.15) is 6.29 Å². The summed E-state index contributed by atoms with van der Waals surface area (Å²) < 4.78 is 5.36. The molecule has 3 nitrogen and oxygen atoms in total. The molecular formula is C17H20O3. The summed E-state index contributed by atoms with van der Waals surface area (Å²) in [5.41, 5.74) is 1.30. The molecule has 0 aliphatic heterocycles. The van der Waals surface area contributed by atoms with E-state index in [1.165, 1.54) is 0 Å². The molecule has 0 amide bonds. The van der Waals surface area contributed by atoms with Crippen molar-refractivity contribution >= 4 is 6.29 Å². The molecule has 2 rings (SSSR count). The van der Waals surface area contributed by atoms with E-state index in [9.17, 15) is 9.90 Å². The lowest BCUT2D eigenvalue weighted by Gasteiger charge is -2.34. The summed E-state index contributed by atoms with van der Waals surface area (Å²) in [7, 11) is 1.62. The lowest BCUT2D eigenvalue weighted by molar-refractivity contribution is -0.0795. The monoisotopic (exact) mass is 272 g/mol. The quantitative estimate of drug-likeness (QED) is 0.664. The molecule has 1 N–H and O–H groups in total. The average molecular weight is 272 g/mol. The van der Waals surface area contributed by atoms with E-state index in [1.807, 2.05) is 13.0 Å². The van der Waals surface area contributed by atoms with E-state index in [0.717, 1.165) is 36.7 Å². The van der Waals surface area contributed by atoms with Gasteiger partial charge in [-0.05, 0) is 43.9 Å². The van der Waals surface area contributed by atoms with Crippen LogP contribution in [0.3, 0.4) is 0 Å². The van der Waals surface area contributed by atoms with Crippen molar-refractivity contribution in [3.8, 4) is 11.8 Å². The van der Waals surface area contributed by atoms with E-state index in [1.54, 1.807) is 19.2 Å². The maximum Gasteiger partial charge on any atom is 0.151 e. The molecule has 0 spiro atoms. The van der Waals surface area contributed by atoms with Crippen molar-refractivity contribution in [2.24, 2.45) is 0 Å². The maximum atomic E-state index is 10.8. The first-order valence-corrected chi connectivity index (χ1v) is 6.93. The van der Waals surface area contributed by atoms with Crippen molar-refractivity contribution in [2.75, 3.05) is 7.11 Å². The van der Waals surface area contributed by atoms with E-state index < -0.39 is 5.60 Å². The van der Waals surface area contributed by atoms with Gasteiger partial charge in [-0.1, -0.05) is 24.3 Å². The molecule has 1 aliphatic carbocycles. The van der Waals surface area contributed by atoms with Gasteiger partial charge in [0.15, 0.2) is 5.60 Å². The SMILES string of the molecule is COC1CCCCC1(O)C#Cc1ccc(C=O)c(C)c1. The predicted octanol–water partition coefficient (Wildman–Crippen LogP) is 2.48. The molecular weight excluding hydrogens is 252 g/mol. The van der Waals surface area contributed by atoms with Crippen molar-refractivity contribution in [3.05, 3.63) is 34.9 Å². The number of aliphatic hydroxyl groups is 1. The van der Waals surface area contributed by atoms with Crippen LogP contribution in [0, 0.1) is 18.8 Å². The number of hydrogen-bond acceptors (Lipinski definition) is 3. The second-order valence-corrected chi connectivity index (χ2v) is 5.33. The van der Waals surface area contributed by atoms with E-state index in [-0.39, 0.29) is 6.10 Å². The number of methoxy groups -OCH3 is 1. The Kier molecular flexibility index (Phi) is 4.59. The predicted molar refractivity (Wildman–Crippen MR) is 77.7 cm³/mol. The van der Waals surface area contributed by atoms with Crippen LogP contribution in [0.4, 0.5) is 0 Å². The lowest BCUT2D eigenvalue weighted by Crippen LogP contribution is -2.44. The fraction of sp³-hybridized carbons (Fsp3) is 0.471. The molecule has 1 aromatic carbocycles. The summed E-state index contributed by atoms with van der Waals surface area (Å²) in [5, 5.41) is 10.6. The van der Waals surface area contributed by atoms with Crippen LogP contribution in [-0.2, 0) is 4.74 Å². The Morgan fingerprint density at radius 2 is 2.25 bits per heavy atom. The molecule has 1 saturated carbocycles. The van der Waals surface area contributed by atoms with Crippen molar-refractivity contribution in [2.45, 2.75) is 44.3 Å². The molecule has 1 aliphatic rings. The first-order valence-electron chi connectivity index (χ1n) is 6.93. The summed E-state index contributed by atoms with van der Waals surface area (Å²) >= 11 is 0. The minimum Gasteiger partial charge on any atom is -0.377 e. The van der Waals surface area contributed by atoms with Gasteiger partial charge in [0, 0.05) is 18.2 Å². The first-order chi connectivity index (χ1) is 9.59. The van der Waals surface area contributed by atoms with Gasteiger partial charge in [-0.3, -0.25) is 4.79 Å². The normalized spacial score (nSPS) is 25.6. The van der Waals surface area contributed by atoms with Crippen LogP contribution in [0.25, 0.3) is 0 Å². The summed E-state index contributed by atoms with van der Waals surface area (Å²) in [5.74, 6) is 5.99. The van der Waals surface area contributed by atoms with Crippen molar-refractivity contribution in [3.63, 3.8) is 0 Å². The third-order valence-electron chi connectivity index (χ3n) is 3.91. The Balaban J connectivity index is 2.24. The van der Waals surface area contributed by atoms with E-state index in [2.05, 4.69) is 11.8 Å². The van der Waals surface area contributed by atoms with E-state index in [0.29, 0.717) is 12.0 Å². The third kappa shape index (κ3) is 3.09. The number of carbonyl (C=O) groups is 1. The number of carbonyl (C=O) groups excluding carboxylic acids is 1. The molecule has 1 fully saturated rings. The van der Waals surface area contributed by atoms with E-state index in [4.69, 9.17) is 4.74 Å². The fourth-order valence-electron chi connectivity index (χ4n) is 2.65. The van der Waals surface area contributed by atoms with Gasteiger partial charge in [-0.2, -0.15) is 0 Å². The van der Waals surface area contributed by atoms with Crippen LogP contribution in [-0.4, -0.2) is 30.2 Å². The second kappa shape index (κ2) is 6.21. The minimum absolute atomic E-state index is 0.223. The molecule has 2 unspecified atom stereocenters. The van der Waals surface area contributed by atoms with Gasteiger partial charge >= 0.3 is 0 Å². The Bertz CT molecular complexity index is 553. The number of benzene rings is 1. The molecule has 106 valence electrons. The van der Waals surface area contributed by atoms with Gasteiger partial charge in [-0.25, -0.2) is 0 Å². The van der Waals surface area contributed by atoms with Gasteiger partial charge in [0.25, 0.3) is 0 Å². The van der Waals surface area contributed by atoms with Gasteiger partial charge in [0.05, 0.1) is 6.10 Å². The highest BCUT2D eigenvalue weighted by Crippen LogP contribution is 2.30. The summed E-state index contributed by atoms with van der Waals surface area (Å²) in [6.07, 6.45) is 4.12. The Morgan fingerprint density at radius 3 is 2.90 bits per heavy atom. The van der Waals surface area contributed by atoms with Gasteiger partial charge in [-0.15, -0.1) is 0 Å². The highest BCUT2D eigenvalue weighted by Gasteiger charge is 2.37. The molecule has 0 aromatic heterocycles. The molecule has 0 saturated heterocycles. The molecule has 3 heteroatoms. The van der Waals surface area contributed by atoms with Crippen LogP contribution in [0.2, 0.25) is 0 Å². The second-order valence-electron chi connectivity index (χ2n) is 5.33. The zero-order chi connectivity index (χ0) is 14.6. The van der Waals surface area contributed by atoms with Crippen molar-refractivity contribution in [1.82, 2.24) is 0 Å². The number of aryl methyl sites for hydroxylation is 1. The van der Waals surface area contributed by atoms with E-state index >= 15 is 0 Å². The molecule has 0 heterocycles. The molecule has 2 atom stereocenters. The number of aldehydes is 1. The summed E-state index contributed by atoms with van der Waals surface area (Å²) in [6, 6.07) is 5.42. The Morgan fingerprint density at radius 1 is 1.45 bits per heavy atom. The van der Waals surface area contributed by atoms with Crippen LogP contribution in [0.5, 0.6) is 0 Å². The van der Waals surface area contributed by atoms with Crippen LogP contribution >= 0.6 is 0 Å². The molecule has 1 aromatic rings. The zero-order valence-electron chi connectivity index (χ0n) is 12.0. The number of hydrogen-bond donors (Lipinski definition) is 1. The standard InChI is InChI=1S/C17H20O3/c1-13-11-14(6-7-15(13)12-18)8-10-17(19)9-4-3-5-16(17)20-2/h6-7,11-12,16,19H,3-5,9H2,1-2H3. The highest BCUT2D eigenvalue weighted by atomic mass is 16.5. The minimum atomic E-state index is -1.07. The van der Waals surface area contributed by atoms with Gasteiger partial charge in [0.2, 0.25) is 0 Å². The summed E-state index contributed by atoms with van der Waals surface area (Å²) in [4.78, 5) is 10.8. The van der Waals surface area contributed by atoms with Crippen LogP contribution < -0.4 is 0 Å². The number of rotatable bonds is 2. The maximum absolute atomic E-state index is 10.8. The van der Waals surface area contributed by atoms with Crippen LogP contribution in [0.1, 0.15) is 47.2 Å². The van der Waals surface area contributed by atoms with Crippen LogP contribution in [0.15, 0.2) is 18.2 Å². The first kappa shape index (κ1) is 14.8. The molecule has 0 bridgehead atoms. The third-order valence-corrected chi connectivity index (χ3v) is 3.91. The fourth-order valence-corrected chi connectivity index (χ4v) is 2.65. The topological polar surface area (TPSA) is 46.5 Å². The molecule has 0 radical (unpaired) electrons. The zero-order valence-corrected chi connectivity index (χ0v) is 12.0.